The van der Waals surface area contributed by atoms with Gasteiger partial charge in [-0.3, -0.25) is 0 Å². The number of fused-ring (bicyclic) bond motifs is 3. The van der Waals surface area contributed by atoms with Crippen molar-refractivity contribution < 1.29 is 14.3 Å². The molecule has 0 N–H and O–H groups in total. The minimum atomic E-state index is -0.228. The first-order chi connectivity index (χ1) is 8.99. The molecule has 3 fully saturated rings. The first kappa shape index (κ1) is 12.9. The van der Waals surface area contributed by atoms with Gasteiger partial charge in [-0.2, -0.15) is 0 Å². The summed E-state index contributed by atoms with van der Waals surface area (Å²) in [6.45, 7) is 8.45. The van der Waals surface area contributed by atoms with Crippen LogP contribution in [-0.2, 0) is 14.3 Å². The summed E-state index contributed by atoms with van der Waals surface area (Å²) in [6, 6.07) is 0. The van der Waals surface area contributed by atoms with Gasteiger partial charge in [-0.1, -0.05) is 19.1 Å². The third-order valence-corrected chi connectivity index (χ3v) is 5.38. The van der Waals surface area contributed by atoms with Gasteiger partial charge < -0.3 is 9.47 Å². The summed E-state index contributed by atoms with van der Waals surface area (Å²) >= 11 is 0. The molecule has 104 valence electrons. The molecule has 1 aliphatic heterocycles. The molecule has 2 aliphatic carbocycles. The first-order valence-corrected chi connectivity index (χ1v) is 7.10. The van der Waals surface area contributed by atoms with Gasteiger partial charge in [0.25, 0.3) is 0 Å². The zero-order valence-corrected chi connectivity index (χ0v) is 12.0. The van der Waals surface area contributed by atoms with E-state index in [1.807, 2.05) is 6.92 Å². The second-order valence-electron chi connectivity index (χ2n) is 6.39. The predicted molar refractivity (Wildman–Crippen MR) is 72.6 cm³/mol. The van der Waals surface area contributed by atoms with Gasteiger partial charge in [-0.15, -0.1) is 0 Å². The summed E-state index contributed by atoms with van der Waals surface area (Å²) in [5.74, 6) is 0.230. The Morgan fingerprint density at radius 2 is 2.26 bits per heavy atom. The van der Waals surface area contributed by atoms with E-state index in [9.17, 15) is 4.79 Å². The lowest BCUT2D eigenvalue weighted by molar-refractivity contribution is -0.136. The number of ether oxygens (including phenoxy) is 2. The maximum atomic E-state index is 11.7. The number of methoxy groups -OCH3 is 1. The number of esters is 1. The molecular weight excluding hydrogens is 240 g/mol. The highest BCUT2D eigenvalue weighted by atomic mass is 16.6. The van der Waals surface area contributed by atoms with Crippen molar-refractivity contribution in [2.75, 3.05) is 7.11 Å². The second kappa shape index (κ2) is 4.20. The Morgan fingerprint density at radius 3 is 2.95 bits per heavy atom. The molecule has 0 aromatic rings. The summed E-state index contributed by atoms with van der Waals surface area (Å²) in [7, 11) is 1.43. The van der Waals surface area contributed by atoms with E-state index < -0.39 is 0 Å². The minimum Gasteiger partial charge on any atom is -0.466 e. The van der Waals surface area contributed by atoms with E-state index in [1.54, 1.807) is 0 Å². The van der Waals surface area contributed by atoms with Crippen LogP contribution in [0.15, 0.2) is 23.3 Å². The third-order valence-electron chi connectivity index (χ3n) is 5.38. The van der Waals surface area contributed by atoms with Crippen molar-refractivity contribution in [3.05, 3.63) is 23.3 Å². The van der Waals surface area contributed by atoms with Crippen LogP contribution >= 0.6 is 0 Å². The van der Waals surface area contributed by atoms with Gasteiger partial charge in [0.2, 0.25) is 0 Å². The van der Waals surface area contributed by atoms with E-state index in [0.717, 1.165) is 24.0 Å². The molecule has 0 bridgehead atoms. The van der Waals surface area contributed by atoms with Crippen molar-refractivity contribution >= 4 is 5.97 Å². The van der Waals surface area contributed by atoms with Gasteiger partial charge in [0.15, 0.2) is 0 Å². The van der Waals surface area contributed by atoms with Crippen LogP contribution in [-0.4, -0.2) is 25.3 Å². The average Bonchev–Trinajstić information content (AvgIpc) is 3.18. The molecule has 19 heavy (non-hydrogen) atoms. The van der Waals surface area contributed by atoms with Crippen molar-refractivity contribution in [1.82, 2.24) is 0 Å². The normalized spacial score (nSPS) is 43.1. The SMILES string of the molecule is C=C1CCC[C@]2(C)[C@@H]3O[C@@H]3/C(=C(/C)C(=O)OC)C[C@@H]12. The Kier molecular flexibility index (Phi) is 2.86. The summed E-state index contributed by atoms with van der Waals surface area (Å²) in [5, 5.41) is 0. The molecule has 3 nitrogen and oxygen atoms in total. The highest BCUT2D eigenvalue weighted by molar-refractivity contribution is 5.89. The zero-order chi connectivity index (χ0) is 13.8. The van der Waals surface area contributed by atoms with Crippen LogP contribution < -0.4 is 0 Å². The van der Waals surface area contributed by atoms with Gasteiger partial charge in [0.1, 0.15) is 6.10 Å². The van der Waals surface area contributed by atoms with Crippen molar-refractivity contribution in [2.45, 2.75) is 51.7 Å². The molecule has 1 saturated heterocycles. The van der Waals surface area contributed by atoms with Crippen LogP contribution in [0.4, 0.5) is 0 Å². The van der Waals surface area contributed by atoms with E-state index in [-0.39, 0.29) is 23.6 Å². The van der Waals surface area contributed by atoms with Crippen molar-refractivity contribution in [3.8, 4) is 0 Å². The molecule has 0 spiro atoms. The Hall–Kier alpha value is -1.09. The van der Waals surface area contributed by atoms with Gasteiger partial charge >= 0.3 is 5.97 Å². The Balaban J connectivity index is 1.95. The molecule has 3 rings (SSSR count). The number of carbonyl (C=O) groups excluding carboxylic acids is 1. The van der Waals surface area contributed by atoms with Crippen LogP contribution in [0.3, 0.4) is 0 Å². The molecule has 4 atom stereocenters. The Morgan fingerprint density at radius 1 is 1.53 bits per heavy atom. The summed E-state index contributed by atoms with van der Waals surface area (Å²) < 4.78 is 10.8. The van der Waals surface area contributed by atoms with Crippen LogP contribution in [0.5, 0.6) is 0 Å². The summed E-state index contributed by atoms with van der Waals surface area (Å²) in [5.41, 5.74) is 3.43. The van der Waals surface area contributed by atoms with Crippen LogP contribution in [0, 0.1) is 11.3 Å². The fourth-order valence-electron chi connectivity index (χ4n) is 4.09. The smallest absolute Gasteiger partial charge is 0.333 e. The standard InChI is InChI=1S/C16H22O3/c1-9-6-5-7-16(3)12(9)8-11(13-14(16)19-13)10(2)15(17)18-4/h12-14H,1,5-8H2,2-4H3/b11-10-/t12-,13+,14+,16-/m0/s1. The highest BCUT2D eigenvalue weighted by Gasteiger charge is 2.62. The van der Waals surface area contributed by atoms with Crippen LogP contribution in [0.1, 0.15) is 39.5 Å². The average molecular weight is 262 g/mol. The van der Waals surface area contributed by atoms with Gasteiger partial charge in [0, 0.05) is 11.0 Å². The molecule has 0 aromatic heterocycles. The monoisotopic (exact) mass is 262 g/mol. The topological polar surface area (TPSA) is 38.8 Å². The van der Waals surface area contributed by atoms with Gasteiger partial charge in [-0.05, 0) is 44.1 Å². The van der Waals surface area contributed by atoms with Crippen molar-refractivity contribution in [2.24, 2.45) is 11.3 Å². The predicted octanol–water partition coefficient (Wildman–Crippen LogP) is 3.01. The van der Waals surface area contributed by atoms with Crippen molar-refractivity contribution in [1.29, 1.82) is 0 Å². The number of epoxide rings is 1. The Bertz CT molecular complexity index is 476. The third kappa shape index (κ3) is 1.78. The Labute approximate surface area is 114 Å². The summed E-state index contributed by atoms with van der Waals surface area (Å²) in [6.07, 6.45) is 4.87. The van der Waals surface area contributed by atoms with E-state index in [0.29, 0.717) is 5.92 Å². The number of allylic oxidation sites excluding steroid dienone is 1. The lowest BCUT2D eigenvalue weighted by atomic mass is 9.58. The zero-order valence-electron chi connectivity index (χ0n) is 12.0. The van der Waals surface area contributed by atoms with Crippen LogP contribution in [0.2, 0.25) is 0 Å². The molecule has 0 radical (unpaired) electrons. The van der Waals surface area contributed by atoms with E-state index in [2.05, 4.69) is 13.5 Å². The second-order valence-corrected chi connectivity index (χ2v) is 6.39. The number of hydrogen-bond acceptors (Lipinski definition) is 3. The molecule has 0 aromatic carbocycles. The fraction of sp³-hybridized carbons (Fsp3) is 0.688. The lowest BCUT2D eigenvalue weighted by Crippen LogP contribution is -2.42. The van der Waals surface area contributed by atoms with Gasteiger partial charge in [0.05, 0.1) is 13.2 Å². The molecule has 1 heterocycles. The summed E-state index contributed by atoms with van der Waals surface area (Å²) in [4.78, 5) is 11.7. The fourth-order valence-corrected chi connectivity index (χ4v) is 4.09. The molecule has 3 aliphatic rings. The van der Waals surface area contributed by atoms with E-state index in [4.69, 9.17) is 9.47 Å². The van der Waals surface area contributed by atoms with E-state index in [1.165, 1.54) is 25.5 Å². The minimum absolute atomic E-state index is 0.145. The quantitative estimate of drug-likeness (QED) is 0.315. The first-order valence-electron chi connectivity index (χ1n) is 7.10. The molecule has 0 unspecified atom stereocenters. The van der Waals surface area contributed by atoms with Gasteiger partial charge in [-0.25, -0.2) is 4.79 Å². The molecule has 2 saturated carbocycles. The number of rotatable bonds is 1. The maximum absolute atomic E-state index is 11.7. The maximum Gasteiger partial charge on any atom is 0.333 e. The molecule has 0 amide bonds. The lowest BCUT2D eigenvalue weighted by Gasteiger charge is -2.45. The number of carbonyl (C=O) groups is 1. The largest absolute Gasteiger partial charge is 0.466 e. The van der Waals surface area contributed by atoms with Crippen LogP contribution in [0.25, 0.3) is 0 Å². The molecule has 3 heteroatoms. The number of hydrogen-bond donors (Lipinski definition) is 0. The van der Waals surface area contributed by atoms with Crippen molar-refractivity contribution in [3.63, 3.8) is 0 Å². The highest BCUT2D eigenvalue weighted by Crippen LogP contribution is 2.61. The molecular formula is C16H22O3. The van der Waals surface area contributed by atoms with E-state index >= 15 is 0 Å².